The third-order valence-electron chi connectivity index (χ3n) is 2.60. The van der Waals surface area contributed by atoms with Crippen LogP contribution in [-0.2, 0) is 4.74 Å². The van der Waals surface area contributed by atoms with Gasteiger partial charge in [0, 0.05) is 25.1 Å². The summed E-state index contributed by atoms with van der Waals surface area (Å²) in [6, 6.07) is 8.00. The molecule has 0 spiro atoms. The van der Waals surface area contributed by atoms with Crippen LogP contribution >= 0.6 is 12.2 Å². The largest absolute Gasteiger partial charge is 0.382 e. The zero-order valence-corrected chi connectivity index (χ0v) is 11.2. The fourth-order valence-corrected chi connectivity index (χ4v) is 1.96. The smallest absolute Gasteiger partial charge is 0.199 e. The summed E-state index contributed by atoms with van der Waals surface area (Å²) in [5, 5.41) is 4.37. The molecule has 0 amide bonds. The summed E-state index contributed by atoms with van der Waals surface area (Å²) in [4.78, 5) is 7.41. The number of aromatic amines is 1. The first-order valence-corrected chi connectivity index (χ1v) is 6.52. The normalized spacial score (nSPS) is 10.7. The van der Waals surface area contributed by atoms with Gasteiger partial charge < -0.3 is 15.0 Å². The maximum Gasteiger partial charge on any atom is 0.199 e. The van der Waals surface area contributed by atoms with Crippen LogP contribution < -0.4 is 5.32 Å². The topological polar surface area (TPSA) is 49.9 Å². The highest BCUT2D eigenvalue weighted by atomic mass is 32.1. The second kappa shape index (κ2) is 6.47. The molecule has 0 aliphatic heterocycles. The monoisotopic (exact) mass is 263 g/mol. The Morgan fingerprint density at radius 2 is 2.22 bits per heavy atom. The molecule has 1 aromatic carbocycles. The zero-order valence-electron chi connectivity index (χ0n) is 10.4. The molecule has 0 saturated carbocycles. The van der Waals surface area contributed by atoms with Gasteiger partial charge >= 0.3 is 0 Å². The van der Waals surface area contributed by atoms with Crippen molar-refractivity contribution in [1.29, 1.82) is 0 Å². The van der Waals surface area contributed by atoms with Gasteiger partial charge in [0.15, 0.2) is 4.77 Å². The summed E-state index contributed by atoms with van der Waals surface area (Å²) in [6.07, 6.45) is 0.954. The Hall–Kier alpha value is -1.46. The van der Waals surface area contributed by atoms with E-state index in [9.17, 15) is 0 Å². The highest BCUT2D eigenvalue weighted by Crippen LogP contribution is 2.18. The van der Waals surface area contributed by atoms with Crippen LogP contribution in [0.25, 0.3) is 10.9 Å². The molecule has 0 aliphatic carbocycles. The molecular formula is C13H17N3OS. The van der Waals surface area contributed by atoms with E-state index in [0.29, 0.717) is 4.77 Å². The minimum atomic E-state index is 0.501. The first-order chi connectivity index (χ1) is 8.81. The number of benzene rings is 1. The Morgan fingerprint density at radius 3 is 3.06 bits per heavy atom. The van der Waals surface area contributed by atoms with Gasteiger partial charge in [-0.15, -0.1) is 0 Å². The molecule has 18 heavy (non-hydrogen) atoms. The highest BCUT2D eigenvalue weighted by Gasteiger charge is 2.02. The predicted octanol–water partition coefficient (Wildman–Crippen LogP) is 3.13. The van der Waals surface area contributed by atoms with Crippen molar-refractivity contribution >= 4 is 28.9 Å². The van der Waals surface area contributed by atoms with E-state index >= 15 is 0 Å². The lowest BCUT2D eigenvalue weighted by molar-refractivity contribution is 0.147. The first-order valence-electron chi connectivity index (χ1n) is 6.12. The van der Waals surface area contributed by atoms with Gasteiger partial charge in [-0.3, -0.25) is 0 Å². The molecule has 2 aromatic rings. The summed E-state index contributed by atoms with van der Waals surface area (Å²) in [6.45, 7) is 4.35. The van der Waals surface area contributed by atoms with Crippen molar-refractivity contribution in [3.05, 3.63) is 29.0 Å². The van der Waals surface area contributed by atoms with Crippen molar-refractivity contribution in [2.75, 3.05) is 25.1 Å². The minimum absolute atomic E-state index is 0.501. The van der Waals surface area contributed by atoms with Crippen molar-refractivity contribution in [1.82, 2.24) is 9.97 Å². The fourth-order valence-electron chi connectivity index (χ4n) is 1.76. The number of rotatable bonds is 6. The summed E-state index contributed by atoms with van der Waals surface area (Å²) in [5.74, 6) is 0.839. The number of hydrogen-bond acceptors (Lipinski definition) is 4. The lowest BCUT2D eigenvalue weighted by Gasteiger charge is -2.08. The van der Waals surface area contributed by atoms with Crippen LogP contribution in [0.4, 0.5) is 5.82 Å². The predicted molar refractivity (Wildman–Crippen MR) is 76.5 cm³/mol. The van der Waals surface area contributed by atoms with Crippen LogP contribution in [0, 0.1) is 4.77 Å². The molecule has 0 radical (unpaired) electrons. The maximum atomic E-state index is 5.30. The van der Waals surface area contributed by atoms with Crippen LogP contribution in [0.15, 0.2) is 24.3 Å². The van der Waals surface area contributed by atoms with Gasteiger partial charge in [-0.25, -0.2) is 4.98 Å². The quantitative estimate of drug-likeness (QED) is 0.621. The number of para-hydroxylation sites is 1. The summed E-state index contributed by atoms with van der Waals surface area (Å²) in [7, 11) is 0. The van der Waals surface area contributed by atoms with E-state index < -0.39 is 0 Å². The van der Waals surface area contributed by atoms with E-state index in [2.05, 4.69) is 15.3 Å². The number of nitrogens with one attached hydrogen (secondary N) is 2. The molecule has 1 heterocycles. The van der Waals surface area contributed by atoms with Gasteiger partial charge in [0.05, 0.1) is 5.52 Å². The fraction of sp³-hybridized carbons (Fsp3) is 0.385. The van der Waals surface area contributed by atoms with Crippen LogP contribution in [0.3, 0.4) is 0 Å². The molecule has 0 aliphatic rings. The molecule has 5 heteroatoms. The van der Waals surface area contributed by atoms with Gasteiger partial charge in [0.25, 0.3) is 0 Å². The molecule has 1 aromatic heterocycles. The van der Waals surface area contributed by atoms with E-state index in [-0.39, 0.29) is 0 Å². The number of fused-ring (bicyclic) bond motifs is 1. The molecule has 0 saturated heterocycles. The highest BCUT2D eigenvalue weighted by molar-refractivity contribution is 7.71. The van der Waals surface area contributed by atoms with Crippen LogP contribution in [-0.4, -0.2) is 29.7 Å². The summed E-state index contributed by atoms with van der Waals surface area (Å²) >= 11 is 5.12. The van der Waals surface area contributed by atoms with Crippen molar-refractivity contribution in [3.8, 4) is 0 Å². The van der Waals surface area contributed by atoms with E-state index in [0.717, 1.165) is 42.9 Å². The van der Waals surface area contributed by atoms with E-state index in [1.807, 2.05) is 31.2 Å². The Labute approximate surface area is 111 Å². The maximum absolute atomic E-state index is 5.30. The third-order valence-corrected chi connectivity index (χ3v) is 2.79. The number of aromatic nitrogens is 2. The molecule has 0 unspecified atom stereocenters. The second-order valence-corrected chi connectivity index (χ2v) is 4.30. The first kappa shape index (κ1) is 13.0. The zero-order chi connectivity index (χ0) is 12.8. The van der Waals surface area contributed by atoms with Crippen molar-refractivity contribution in [2.24, 2.45) is 0 Å². The number of nitrogens with zero attached hydrogens (tertiary/aromatic N) is 1. The lowest BCUT2D eigenvalue weighted by Crippen LogP contribution is -2.07. The van der Waals surface area contributed by atoms with Crippen LogP contribution in [0.5, 0.6) is 0 Å². The lowest BCUT2D eigenvalue weighted by atomic mass is 10.2. The Morgan fingerprint density at radius 1 is 1.39 bits per heavy atom. The van der Waals surface area contributed by atoms with E-state index in [1.54, 1.807) is 0 Å². The molecule has 0 fully saturated rings. The van der Waals surface area contributed by atoms with Crippen molar-refractivity contribution < 1.29 is 4.74 Å². The average molecular weight is 263 g/mol. The minimum Gasteiger partial charge on any atom is -0.382 e. The molecule has 96 valence electrons. The number of anilines is 1. The van der Waals surface area contributed by atoms with Gasteiger partial charge in [0.1, 0.15) is 5.82 Å². The van der Waals surface area contributed by atoms with Crippen LogP contribution in [0.1, 0.15) is 13.3 Å². The molecule has 0 bridgehead atoms. The van der Waals surface area contributed by atoms with Gasteiger partial charge in [-0.05, 0) is 37.7 Å². The average Bonchev–Trinajstić information content (AvgIpc) is 2.38. The molecule has 2 rings (SSSR count). The van der Waals surface area contributed by atoms with Gasteiger partial charge in [-0.1, -0.05) is 12.1 Å². The molecule has 0 atom stereocenters. The SMILES string of the molecule is CCOCCCNc1nc(=S)[nH]c2ccccc12. The van der Waals surface area contributed by atoms with E-state index in [1.165, 1.54) is 0 Å². The second-order valence-electron chi connectivity index (χ2n) is 3.91. The summed E-state index contributed by atoms with van der Waals surface area (Å²) < 4.78 is 5.80. The van der Waals surface area contributed by atoms with Crippen molar-refractivity contribution in [2.45, 2.75) is 13.3 Å². The van der Waals surface area contributed by atoms with Gasteiger partial charge in [-0.2, -0.15) is 0 Å². The number of ether oxygens (including phenoxy) is 1. The Kier molecular flexibility index (Phi) is 4.66. The Balaban J connectivity index is 2.10. The van der Waals surface area contributed by atoms with Crippen LogP contribution in [0.2, 0.25) is 0 Å². The van der Waals surface area contributed by atoms with Gasteiger partial charge in [0.2, 0.25) is 0 Å². The molecule has 2 N–H and O–H groups in total. The van der Waals surface area contributed by atoms with E-state index in [4.69, 9.17) is 17.0 Å². The van der Waals surface area contributed by atoms with Crippen molar-refractivity contribution in [3.63, 3.8) is 0 Å². The summed E-state index contributed by atoms with van der Waals surface area (Å²) in [5.41, 5.74) is 1.00. The standard InChI is InChI=1S/C13H17N3OS/c1-2-17-9-5-8-14-12-10-6-3-4-7-11(10)15-13(18)16-12/h3-4,6-7H,2,5,8-9H2,1H3,(H2,14,15,16,18). The molecular weight excluding hydrogens is 246 g/mol. The Bertz CT molecular complexity index is 567. The molecule has 4 nitrogen and oxygen atoms in total. The number of H-pyrrole nitrogens is 1. The number of hydrogen-bond donors (Lipinski definition) is 2. The third kappa shape index (κ3) is 3.27.